The summed E-state index contributed by atoms with van der Waals surface area (Å²) in [6, 6.07) is 48.1. The number of allylic oxidation sites excluding steroid dienone is 1. The topological polar surface area (TPSA) is 0 Å². The van der Waals surface area contributed by atoms with Crippen LogP contribution in [0.25, 0.3) is 17.2 Å². The van der Waals surface area contributed by atoms with Crippen molar-refractivity contribution in [1.82, 2.24) is 0 Å². The van der Waals surface area contributed by atoms with E-state index >= 15 is 0 Å². The molecule has 0 bridgehead atoms. The summed E-state index contributed by atoms with van der Waals surface area (Å²) in [4.78, 5) is 0. The average molecular weight is 637 g/mol. The van der Waals surface area contributed by atoms with E-state index in [2.05, 4.69) is 147 Å². The van der Waals surface area contributed by atoms with Crippen molar-refractivity contribution >= 4 is 9.28 Å². The van der Waals surface area contributed by atoms with Gasteiger partial charge in [-0.05, 0) is 0 Å². The van der Waals surface area contributed by atoms with Crippen LogP contribution >= 0.6 is 0 Å². The molecule has 0 saturated carbocycles. The molecule has 40 heavy (non-hydrogen) atoms. The van der Waals surface area contributed by atoms with Crippen molar-refractivity contribution in [3.8, 4) is 11.1 Å². The molecule has 3 heteroatoms. The second-order valence-electron chi connectivity index (χ2n) is 10.6. The average Bonchev–Trinajstić information content (AvgIpc) is 3.46. The Labute approximate surface area is 257 Å². The molecule has 0 aliphatic heterocycles. The first kappa shape index (κ1) is 28.7. The minimum atomic E-state index is -2.71. The molecule has 0 spiro atoms. The van der Waals surface area contributed by atoms with Crippen LogP contribution in [0.15, 0.2) is 133 Å². The van der Waals surface area contributed by atoms with E-state index in [4.69, 9.17) is 0 Å². The maximum Gasteiger partial charge on any atom is -1.00 e. The molecule has 5 aromatic rings. The van der Waals surface area contributed by atoms with Gasteiger partial charge in [0, 0.05) is 0 Å². The molecule has 196 valence electrons. The maximum atomic E-state index is 2.48. The van der Waals surface area contributed by atoms with Crippen molar-refractivity contribution < 1.29 is 46.1 Å². The van der Waals surface area contributed by atoms with E-state index in [-0.39, 0.29) is 24.8 Å². The summed E-state index contributed by atoms with van der Waals surface area (Å²) < 4.78 is 2.55. The van der Waals surface area contributed by atoms with Crippen molar-refractivity contribution in [2.75, 3.05) is 0 Å². The van der Waals surface area contributed by atoms with Crippen LogP contribution in [0, 0.1) is 6.92 Å². The molecule has 0 amide bonds. The zero-order valence-electron chi connectivity index (χ0n) is 22.6. The van der Waals surface area contributed by atoms with Crippen molar-refractivity contribution in [3.05, 3.63) is 172 Å². The third-order valence-electron chi connectivity index (χ3n) is 8.26. The van der Waals surface area contributed by atoms with Crippen molar-refractivity contribution in [3.63, 3.8) is 0 Å². The number of hydrogen-bond acceptors (Lipinski definition) is 0. The first-order valence-corrected chi connectivity index (χ1v) is 17.6. The molecule has 7 rings (SSSR count). The molecule has 0 heterocycles. The standard InChI is InChI=1S/C13H9.C13H10.C11H11.2ClH.Zr/c1-3-7-12-10(5-1)9-11-6-2-4-8-13(11)12;1-3-7-12(8-4-1)11-13-9-5-2-6-10-13;1-8-3-4-10-6-9(2)7-11(10)5-8;;;/h1-9H;1-10H;3-7H,1-2H3;2*1H;/q;;;;;+2/p-2. The minimum Gasteiger partial charge on any atom is -1.00 e. The van der Waals surface area contributed by atoms with E-state index in [1.54, 1.807) is 8.77 Å². The van der Waals surface area contributed by atoms with Crippen molar-refractivity contribution in [2.45, 2.75) is 21.1 Å². The van der Waals surface area contributed by atoms with Crippen LogP contribution in [-0.4, -0.2) is 3.21 Å². The summed E-state index contributed by atoms with van der Waals surface area (Å²) in [6.07, 6.45) is 2.47. The minimum absolute atomic E-state index is 0. The second kappa shape index (κ2) is 12.0. The van der Waals surface area contributed by atoms with Gasteiger partial charge >= 0.3 is 235 Å². The zero-order chi connectivity index (χ0) is 25.6. The summed E-state index contributed by atoms with van der Waals surface area (Å²) in [5, 5.41) is 0. The summed E-state index contributed by atoms with van der Waals surface area (Å²) in [6.45, 7) is 4.63. The smallest absolute Gasteiger partial charge is 1.00 e. The number of halogens is 2. The third-order valence-corrected chi connectivity index (χ3v) is 17.6. The van der Waals surface area contributed by atoms with Crippen LogP contribution in [0.1, 0.15) is 53.1 Å². The number of hydrogen-bond donors (Lipinski definition) is 0. The Hall–Kier alpha value is -2.83. The van der Waals surface area contributed by atoms with Gasteiger partial charge in [-0.15, -0.1) is 0 Å². The zero-order valence-corrected chi connectivity index (χ0v) is 26.6. The first-order valence-electron chi connectivity index (χ1n) is 13.5. The van der Waals surface area contributed by atoms with Gasteiger partial charge in [-0.25, -0.2) is 0 Å². The molecule has 0 nitrogen and oxygen atoms in total. The quantitative estimate of drug-likeness (QED) is 0.285. The van der Waals surface area contributed by atoms with Crippen LogP contribution in [0.3, 0.4) is 0 Å². The Kier molecular flexibility index (Phi) is 8.58. The van der Waals surface area contributed by atoms with Gasteiger partial charge in [0.15, 0.2) is 0 Å². The second-order valence-corrected chi connectivity index (χ2v) is 16.9. The monoisotopic (exact) mass is 634 g/mol. The predicted molar refractivity (Wildman–Crippen MR) is 157 cm³/mol. The normalized spacial score (nSPS) is 14.4. The molecule has 2 aliphatic rings. The van der Waals surface area contributed by atoms with Gasteiger partial charge in [0.2, 0.25) is 0 Å². The van der Waals surface area contributed by atoms with Gasteiger partial charge in [0.05, 0.1) is 0 Å². The molecular weight excluding hydrogens is 607 g/mol. The van der Waals surface area contributed by atoms with E-state index in [1.807, 2.05) is 0 Å². The molecular formula is C37H30Cl2Zr. The van der Waals surface area contributed by atoms with E-state index in [9.17, 15) is 0 Å². The summed E-state index contributed by atoms with van der Waals surface area (Å²) >= 11 is -2.71. The van der Waals surface area contributed by atoms with Crippen molar-refractivity contribution in [1.29, 1.82) is 0 Å². The summed E-state index contributed by atoms with van der Waals surface area (Å²) in [5.74, 6) is 0. The van der Waals surface area contributed by atoms with Crippen LogP contribution in [0.5, 0.6) is 0 Å². The van der Waals surface area contributed by atoms with Crippen molar-refractivity contribution in [2.24, 2.45) is 0 Å². The van der Waals surface area contributed by atoms with E-state index < -0.39 is 21.3 Å². The fraction of sp³-hybridized carbons (Fsp3) is 0.108. The molecule has 0 radical (unpaired) electrons. The van der Waals surface area contributed by atoms with Crippen LogP contribution in [0.4, 0.5) is 0 Å². The van der Waals surface area contributed by atoms with Crippen LogP contribution < -0.4 is 24.8 Å². The largest absolute Gasteiger partial charge is 1.00 e. The van der Waals surface area contributed by atoms with E-state index in [0.717, 1.165) is 0 Å². The fourth-order valence-electron chi connectivity index (χ4n) is 6.72. The van der Waals surface area contributed by atoms with Gasteiger partial charge in [-0.1, -0.05) is 0 Å². The molecule has 0 N–H and O–H groups in total. The van der Waals surface area contributed by atoms with Gasteiger partial charge in [-0.3, -0.25) is 0 Å². The predicted octanol–water partition coefficient (Wildman–Crippen LogP) is 3.12. The molecule has 0 aromatic heterocycles. The van der Waals surface area contributed by atoms with Gasteiger partial charge < -0.3 is 24.8 Å². The van der Waals surface area contributed by atoms with Crippen LogP contribution in [-0.2, 0) is 21.3 Å². The molecule has 1 unspecified atom stereocenters. The molecule has 0 saturated heterocycles. The van der Waals surface area contributed by atoms with E-state index in [0.29, 0.717) is 7.25 Å². The Morgan fingerprint density at radius 3 is 1.57 bits per heavy atom. The summed E-state index contributed by atoms with van der Waals surface area (Å²) in [5.41, 5.74) is 14.5. The first-order chi connectivity index (χ1) is 18.7. The molecule has 0 fully saturated rings. The number of benzene rings is 5. The Morgan fingerprint density at radius 2 is 1.02 bits per heavy atom. The van der Waals surface area contributed by atoms with E-state index in [1.165, 1.54) is 50.1 Å². The van der Waals surface area contributed by atoms with Gasteiger partial charge in [0.1, 0.15) is 0 Å². The third kappa shape index (κ3) is 4.83. The van der Waals surface area contributed by atoms with Crippen LogP contribution in [0.2, 0.25) is 0 Å². The van der Waals surface area contributed by atoms with Gasteiger partial charge in [0.25, 0.3) is 0 Å². The SMILES string of the molecule is CC1=Cc2ccc(C)cc2[CH]1[Zr+2](=[C](c1ccccc1)c1ccccc1)[CH]1c2ccccc2-c2ccccc21.[Cl-].[Cl-]. The molecule has 1 atom stereocenters. The Bertz CT molecular complexity index is 1650. The Balaban J connectivity index is 0.00000161. The number of aryl methyl sites for hydroxylation is 1. The fourth-order valence-corrected chi connectivity index (χ4v) is 17.1. The maximum absolute atomic E-state index is 2.71. The summed E-state index contributed by atoms with van der Waals surface area (Å²) in [7, 11) is 0. The molecule has 5 aromatic carbocycles. The Morgan fingerprint density at radius 1 is 0.525 bits per heavy atom. The number of rotatable bonds is 4. The molecule has 2 aliphatic carbocycles. The number of fused-ring (bicyclic) bond motifs is 4. The van der Waals surface area contributed by atoms with Gasteiger partial charge in [-0.2, -0.15) is 0 Å².